The van der Waals surface area contributed by atoms with E-state index in [1.807, 2.05) is 13.0 Å². The molecule has 164 valence electrons. The summed E-state index contributed by atoms with van der Waals surface area (Å²) >= 11 is 0. The number of aryl methyl sites for hydroxylation is 1. The number of aromatic nitrogens is 2. The molecule has 0 aliphatic carbocycles. The summed E-state index contributed by atoms with van der Waals surface area (Å²) in [4.78, 5) is 27.0. The molecular weight excluding hydrogens is 411 g/mol. The van der Waals surface area contributed by atoms with Gasteiger partial charge in [-0.25, -0.2) is 14.8 Å². The van der Waals surface area contributed by atoms with Gasteiger partial charge in [0, 0.05) is 32.4 Å². The second-order valence-electron chi connectivity index (χ2n) is 8.39. The first kappa shape index (κ1) is 20.0. The normalized spacial score (nSPS) is 23.0. The molecule has 0 N–H and O–H groups in total. The van der Waals surface area contributed by atoms with E-state index >= 15 is 0 Å². The molecule has 0 bridgehead atoms. The SMILES string of the molecule is Cc1nccc(N2CC3(C2)OC(=O)N2CCN(Cc4ccc(C(F)(F)F)cc4)CC23)n1. The number of halogens is 3. The molecule has 1 amide bonds. The van der Waals surface area contributed by atoms with Crippen LogP contribution in [0.25, 0.3) is 0 Å². The number of amides is 1. The van der Waals surface area contributed by atoms with Gasteiger partial charge < -0.3 is 9.64 Å². The highest BCUT2D eigenvalue weighted by Gasteiger charge is 2.62. The molecule has 10 heteroatoms. The summed E-state index contributed by atoms with van der Waals surface area (Å²) in [6.07, 6.45) is -2.92. The summed E-state index contributed by atoms with van der Waals surface area (Å²) in [6, 6.07) is 7.01. The molecule has 3 saturated heterocycles. The summed E-state index contributed by atoms with van der Waals surface area (Å²) in [5, 5.41) is 0. The molecular formula is C21H22F3N5O2. The van der Waals surface area contributed by atoms with Crippen molar-refractivity contribution < 1.29 is 22.7 Å². The highest BCUT2D eigenvalue weighted by Crippen LogP contribution is 2.41. The van der Waals surface area contributed by atoms with Crippen molar-refractivity contribution in [2.75, 3.05) is 37.6 Å². The van der Waals surface area contributed by atoms with Crippen LogP contribution in [0.3, 0.4) is 0 Å². The van der Waals surface area contributed by atoms with Crippen LogP contribution in [0.1, 0.15) is 17.0 Å². The Bertz CT molecular complexity index is 991. The summed E-state index contributed by atoms with van der Waals surface area (Å²) in [5.74, 6) is 1.49. The van der Waals surface area contributed by atoms with Gasteiger partial charge in [0.1, 0.15) is 11.6 Å². The van der Waals surface area contributed by atoms with Crippen molar-refractivity contribution in [3.8, 4) is 0 Å². The molecule has 5 rings (SSSR count). The zero-order chi connectivity index (χ0) is 21.8. The molecule has 0 radical (unpaired) electrons. The lowest BCUT2D eigenvalue weighted by atomic mass is 9.84. The minimum Gasteiger partial charge on any atom is -0.437 e. The predicted octanol–water partition coefficient (Wildman–Crippen LogP) is 2.70. The van der Waals surface area contributed by atoms with E-state index in [1.54, 1.807) is 11.1 Å². The highest BCUT2D eigenvalue weighted by atomic mass is 19.4. The van der Waals surface area contributed by atoms with Gasteiger partial charge in [-0.05, 0) is 30.7 Å². The number of rotatable bonds is 3. The largest absolute Gasteiger partial charge is 0.437 e. The van der Waals surface area contributed by atoms with Gasteiger partial charge in [0.15, 0.2) is 5.60 Å². The third kappa shape index (κ3) is 3.58. The molecule has 2 aromatic rings. The highest BCUT2D eigenvalue weighted by molar-refractivity contribution is 5.73. The average molecular weight is 433 g/mol. The molecule has 7 nitrogen and oxygen atoms in total. The molecule has 1 unspecified atom stereocenters. The van der Waals surface area contributed by atoms with E-state index in [-0.39, 0.29) is 12.1 Å². The first-order valence-corrected chi connectivity index (χ1v) is 10.2. The average Bonchev–Trinajstić information content (AvgIpc) is 2.99. The maximum absolute atomic E-state index is 12.8. The van der Waals surface area contributed by atoms with Crippen LogP contribution in [-0.4, -0.2) is 70.2 Å². The van der Waals surface area contributed by atoms with E-state index < -0.39 is 17.3 Å². The molecule has 1 aromatic carbocycles. The Morgan fingerprint density at radius 3 is 2.58 bits per heavy atom. The second-order valence-corrected chi connectivity index (χ2v) is 8.39. The van der Waals surface area contributed by atoms with Crippen LogP contribution in [0.15, 0.2) is 36.5 Å². The number of nitrogens with zero attached hydrogens (tertiary/aromatic N) is 5. The standard InChI is InChI=1S/C21H22F3N5O2/c1-14-25-7-6-18(26-14)28-12-20(13-28)17-11-27(8-9-29(17)19(30)31-20)10-15-2-4-16(5-3-15)21(22,23)24/h2-7,17H,8-13H2,1H3. The Morgan fingerprint density at radius 2 is 1.90 bits per heavy atom. The Kier molecular flexibility index (Phi) is 4.58. The second kappa shape index (κ2) is 7.08. The monoisotopic (exact) mass is 433 g/mol. The fraction of sp³-hybridized carbons (Fsp3) is 0.476. The minimum absolute atomic E-state index is 0.0950. The lowest BCUT2D eigenvalue weighted by Crippen LogP contribution is -2.71. The summed E-state index contributed by atoms with van der Waals surface area (Å²) in [6.45, 7) is 5.28. The smallest absolute Gasteiger partial charge is 0.416 e. The summed E-state index contributed by atoms with van der Waals surface area (Å²) in [7, 11) is 0. The number of benzene rings is 1. The van der Waals surface area contributed by atoms with Gasteiger partial charge in [-0.1, -0.05) is 12.1 Å². The maximum atomic E-state index is 12.8. The maximum Gasteiger partial charge on any atom is 0.416 e. The number of alkyl halides is 3. The molecule has 4 heterocycles. The Labute approximate surface area is 177 Å². The van der Waals surface area contributed by atoms with Gasteiger partial charge in [-0.15, -0.1) is 0 Å². The zero-order valence-corrected chi connectivity index (χ0v) is 17.0. The summed E-state index contributed by atoms with van der Waals surface area (Å²) < 4.78 is 44.2. The lowest BCUT2D eigenvalue weighted by molar-refractivity contribution is -0.137. The number of hydrogen-bond acceptors (Lipinski definition) is 6. The van der Waals surface area contributed by atoms with Crippen molar-refractivity contribution in [1.29, 1.82) is 0 Å². The number of piperazine rings is 1. The van der Waals surface area contributed by atoms with Crippen LogP contribution in [0.2, 0.25) is 0 Å². The van der Waals surface area contributed by atoms with Crippen LogP contribution < -0.4 is 4.90 Å². The van der Waals surface area contributed by atoms with E-state index in [0.29, 0.717) is 45.1 Å². The molecule has 1 aromatic heterocycles. The Morgan fingerprint density at radius 1 is 1.16 bits per heavy atom. The number of carbonyl (C=O) groups excluding carboxylic acids is 1. The van der Waals surface area contributed by atoms with E-state index in [2.05, 4.69) is 19.8 Å². The van der Waals surface area contributed by atoms with E-state index in [1.165, 1.54) is 12.1 Å². The van der Waals surface area contributed by atoms with E-state index in [0.717, 1.165) is 23.5 Å². The van der Waals surface area contributed by atoms with Crippen LogP contribution in [-0.2, 0) is 17.5 Å². The molecule has 1 spiro atoms. The Hall–Kier alpha value is -2.88. The first-order valence-electron chi connectivity index (χ1n) is 10.2. The lowest BCUT2D eigenvalue weighted by Gasteiger charge is -2.51. The van der Waals surface area contributed by atoms with Crippen molar-refractivity contribution in [2.24, 2.45) is 0 Å². The van der Waals surface area contributed by atoms with Gasteiger partial charge in [0.25, 0.3) is 0 Å². The zero-order valence-electron chi connectivity index (χ0n) is 17.0. The van der Waals surface area contributed by atoms with Crippen LogP contribution in [0.4, 0.5) is 23.8 Å². The number of hydrogen-bond donors (Lipinski definition) is 0. The third-order valence-electron chi connectivity index (χ3n) is 6.29. The van der Waals surface area contributed by atoms with Crippen molar-refractivity contribution in [2.45, 2.75) is 31.3 Å². The molecule has 0 saturated carbocycles. The minimum atomic E-state index is -4.34. The summed E-state index contributed by atoms with van der Waals surface area (Å²) in [5.41, 5.74) is -0.425. The molecule has 1 atom stereocenters. The van der Waals surface area contributed by atoms with Crippen molar-refractivity contribution in [1.82, 2.24) is 19.8 Å². The van der Waals surface area contributed by atoms with Crippen LogP contribution in [0, 0.1) is 6.92 Å². The van der Waals surface area contributed by atoms with Gasteiger partial charge in [0.05, 0.1) is 24.7 Å². The fourth-order valence-electron chi connectivity index (χ4n) is 4.67. The van der Waals surface area contributed by atoms with Gasteiger partial charge in [-0.2, -0.15) is 13.2 Å². The molecule has 3 fully saturated rings. The topological polar surface area (TPSA) is 61.8 Å². The van der Waals surface area contributed by atoms with E-state index in [9.17, 15) is 18.0 Å². The van der Waals surface area contributed by atoms with Gasteiger partial charge in [-0.3, -0.25) is 9.80 Å². The number of carbonyl (C=O) groups is 1. The van der Waals surface area contributed by atoms with Crippen molar-refractivity contribution in [3.05, 3.63) is 53.5 Å². The van der Waals surface area contributed by atoms with Crippen LogP contribution in [0.5, 0.6) is 0 Å². The van der Waals surface area contributed by atoms with Crippen molar-refractivity contribution in [3.63, 3.8) is 0 Å². The fourth-order valence-corrected chi connectivity index (χ4v) is 4.67. The number of fused-ring (bicyclic) bond motifs is 2. The predicted molar refractivity (Wildman–Crippen MR) is 105 cm³/mol. The van der Waals surface area contributed by atoms with E-state index in [4.69, 9.17) is 4.74 Å². The first-order chi connectivity index (χ1) is 14.7. The van der Waals surface area contributed by atoms with Crippen molar-refractivity contribution >= 4 is 11.9 Å². The van der Waals surface area contributed by atoms with Gasteiger partial charge >= 0.3 is 12.3 Å². The molecule has 3 aliphatic heterocycles. The Balaban J connectivity index is 1.27. The molecule has 3 aliphatic rings. The number of anilines is 1. The van der Waals surface area contributed by atoms with Crippen LogP contribution >= 0.6 is 0 Å². The quantitative estimate of drug-likeness (QED) is 0.742. The molecule has 31 heavy (non-hydrogen) atoms. The van der Waals surface area contributed by atoms with Gasteiger partial charge in [0.2, 0.25) is 0 Å². The number of ether oxygens (including phenoxy) is 1. The third-order valence-corrected chi connectivity index (χ3v) is 6.29.